The van der Waals surface area contributed by atoms with Gasteiger partial charge in [0.1, 0.15) is 0 Å². The summed E-state index contributed by atoms with van der Waals surface area (Å²) in [7, 11) is 1.52. The van der Waals surface area contributed by atoms with Gasteiger partial charge in [0.15, 0.2) is 11.5 Å². The van der Waals surface area contributed by atoms with Crippen LogP contribution in [0.4, 0.5) is 5.69 Å². The second-order valence-electron chi connectivity index (χ2n) is 4.46. The van der Waals surface area contributed by atoms with Gasteiger partial charge in [-0.15, -0.1) is 6.58 Å². The van der Waals surface area contributed by atoms with Crippen molar-refractivity contribution in [2.24, 2.45) is 5.10 Å². The molecule has 108 valence electrons. The fourth-order valence-electron chi connectivity index (χ4n) is 1.92. The Hall–Kier alpha value is -2.75. The average Bonchev–Trinajstić information content (AvgIpc) is 2.51. The minimum atomic E-state index is 0.144. The summed E-state index contributed by atoms with van der Waals surface area (Å²) in [6.07, 6.45) is 3.98. The van der Waals surface area contributed by atoms with Crippen molar-refractivity contribution in [2.75, 3.05) is 12.5 Å². The number of rotatable bonds is 6. The van der Waals surface area contributed by atoms with Crippen LogP contribution in [0.25, 0.3) is 0 Å². The molecule has 2 aromatic rings. The molecule has 0 aliphatic heterocycles. The number of phenolic OH excluding ortho intramolecular Hbond substituents is 1. The number of phenols is 1. The first kappa shape index (κ1) is 14.7. The molecule has 0 heterocycles. The number of aromatic hydroxyl groups is 1. The second-order valence-corrected chi connectivity index (χ2v) is 4.46. The van der Waals surface area contributed by atoms with Crippen molar-refractivity contribution in [3.63, 3.8) is 0 Å². The lowest BCUT2D eigenvalue weighted by molar-refractivity contribution is 0.371. The number of ether oxygens (including phenoxy) is 1. The van der Waals surface area contributed by atoms with Crippen molar-refractivity contribution in [2.45, 2.75) is 6.42 Å². The molecular weight excluding hydrogens is 264 g/mol. The molecule has 2 N–H and O–H groups in total. The quantitative estimate of drug-likeness (QED) is 0.484. The molecule has 0 fully saturated rings. The normalized spacial score (nSPS) is 10.5. The van der Waals surface area contributed by atoms with Gasteiger partial charge in [0.25, 0.3) is 0 Å². The highest BCUT2D eigenvalue weighted by atomic mass is 16.5. The maximum absolute atomic E-state index is 10.0. The molecule has 0 aliphatic carbocycles. The Morgan fingerprint density at radius 1 is 1.29 bits per heavy atom. The molecule has 0 aliphatic rings. The predicted molar refractivity (Wildman–Crippen MR) is 86.2 cm³/mol. The fraction of sp³-hybridized carbons (Fsp3) is 0.118. The Morgan fingerprint density at radius 2 is 2.05 bits per heavy atom. The number of allylic oxidation sites excluding steroid dienone is 1. The molecule has 0 amide bonds. The number of nitrogens with one attached hydrogen (secondary N) is 1. The highest BCUT2D eigenvalue weighted by molar-refractivity contribution is 5.82. The maximum Gasteiger partial charge on any atom is 0.161 e. The van der Waals surface area contributed by atoms with Crippen LogP contribution in [0.15, 0.2) is 60.2 Å². The van der Waals surface area contributed by atoms with Crippen molar-refractivity contribution >= 4 is 11.9 Å². The van der Waals surface area contributed by atoms with E-state index in [4.69, 9.17) is 4.74 Å². The van der Waals surface area contributed by atoms with Crippen LogP contribution < -0.4 is 10.2 Å². The minimum absolute atomic E-state index is 0.144. The zero-order chi connectivity index (χ0) is 15.1. The standard InChI is InChI=1S/C17H18N2O2/c1-3-7-14-10-13(11-16(21-2)17(14)20)12-18-19-15-8-5-4-6-9-15/h3-6,8-12,19-20H,1,7H2,2H3/b18-12+. The van der Waals surface area contributed by atoms with Gasteiger partial charge in [0, 0.05) is 5.56 Å². The van der Waals surface area contributed by atoms with Gasteiger partial charge in [-0.3, -0.25) is 5.43 Å². The van der Waals surface area contributed by atoms with Crippen molar-refractivity contribution in [1.82, 2.24) is 0 Å². The second kappa shape index (κ2) is 7.14. The number of hydrogen-bond donors (Lipinski definition) is 2. The SMILES string of the molecule is C=CCc1cc(/C=N/Nc2ccccc2)cc(OC)c1O. The summed E-state index contributed by atoms with van der Waals surface area (Å²) in [5.74, 6) is 0.570. The van der Waals surface area contributed by atoms with E-state index in [1.165, 1.54) is 7.11 Å². The number of hydrogen-bond acceptors (Lipinski definition) is 4. The molecule has 0 bridgehead atoms. The van der Waals surface area contributed by atoms with Crippen LogP contribution in [0.5, 0.6) is 11.5 Å². The van der Waals surface area contributed by atoms with E-state index in [0.29, 0.717) is 12.2 Å². The number of methoxy groups -OCH3 is 1. The Kier molecular flexibility index (Phi) is 4.99. The lowest BCUT2D eigenvalue weighted by atomic mass is 10.1. The van der Waals surface area contributed by atoms with Crippen molar-refractivity contribution < 1.29 is 9.84 Å². The fourth-order valence-corrected chi connectivity index (χ4v) is 1.92. The van der Waals surface area contributed by atoms with Crippen molar-refractivity contribution in [3.8, 4) is 11.5 Å². The smallest absolute Gasteiger partial charge is 0.161 e. The van der Waals surface area contributed by atoms with Crippen LogP contribution >= 0.6 is 0 Å². The molecule has 2 rings (SSSR count). The van der Waals surface area contributed by atoms with E-state index < -0.39 is 0 Å². The molecule has 0 unspecified atom stereocenters. The topological polar surface area (TPSA) is 53.9 Å². The lowest BCUT2D eigenvalue weighted by Crippen LogP contribution is -1.95. The lowest BCUT2D eigenvalue weighted by Gasteiger charge is -2.09. The van der Waals surface area contributed by atoms with Gasteiger partial charge < -0.3 is 9.84 Å². The third-order valence-electron chi connectivity index (χ3n) is 2.94. The summed E-state index contributed by atoms with van der Waals surface area (Å²) in [5, 5.41) is 14.2. The summed E-state index contributed by atoms with van der Waals surface area (Å²) in [6, 6.07) is 13.3. The Morgan fingerprint density at radius 3 is 2.71 bits per heavy atom. The van der Waals surface area contributed by atoms with E-state index in [9.17, 15) is 5.11 Å². The highest BCUT2D eigenvalue weighted by Crippen LogP contribution is 2.31. The first-order valence-corrected chi connectivity index (χ1v) is 6.59. The molecule has 0 saturated heterocycles. The van der Waals surface area contributed by atoms with Gasteiger partial charge >= 0.3 is 0 Å². The van der Waals surface area contributed by atoms with Crippen molar-refractivity contribution in [3.05, 3.63) is 66.2 Å². The number of hydrazone groups is 1. The van der Waals surface area contributed by atoms with Crippen LogP contribution in [-0.4, -0.2) is 18.4 Å². The van der Waals surface area contributed by atoms with Gasteiger partial charge in [0.05, 0.1) is 19.0 Å². The van der Waals surface area contributed by atoms with Crippen LogP contribution in [0.2, 0.25) is 0 Å². The predicted octanol–water partition coefficient (Wildman–Crippen LogP) is 3.58. The molecule has 2 aromatic carbocycles. The maximum atomic E-state index is 10.0. The van der Waals surface area contributed by atoms with E-state index in [-0.39, 0.29) is 5.75 Å². The zero-order valence-corrected chi connectivity index (χ0v) is 11.9. The van der Waals surface area contributed by atoms with Gasteiger partial charge in [0.2, 0.25) is 0 Å². The van der Waals surface area contributed by atoms with E-state index in [1.807, 2.05) is 36.4 Å². The van der Waals surface area contributed by atoms with E-state index >= 15 is 0 Å². The van der Waals surface area contributed by atoms with Gasteiger partial charge in [-0.05, 0) is 36.2 Å². The molecule has 0 saturated carbocycles. The van der Waals surface area contributed by atoms with Crippen LogP contribution in [0.3, 0.4) is 0 Å². The van der Waals surface area contributed by atoms with Crippen molar-refractivity contribution in [1.29, 1.82) is 0 Å². The van der Waals surface area contributed by atoms with Crippen LogP contribution in [0, 0.1) is 0 Å². The molecule has 0 atom stereocenters. The zero-order valence-electron chi connectivity index (χ0n) is 11.9. The molecule has 0 radical (unpaired) electrons. The summed E-state index contributed by atoms with van der Waals surface area (Å²) in [5.41, 5.74) is 5.44. The third kappa shape index (κ3) is 3.86. The monoisotopic (exact) mass is 282 g/mol. The Balaban J connectivity index is 2.19. The van der Waals surface area contributed by atoms with E-state index in [2.05, 4.69) is 17.1 Å². The van der Waals surface area contributed by atoms with E-state index in [1.54, 1.807) is 18.4 Å². The Labute approximate surface area is 124 Å². The highest BCUT2D eigenvalue weighted by Gasteiger charge is 2.08. The molecule has 4 heteroatoms. The molecule has 21 heavy (non-hydrogen) atoms. The summed E-state index contributed by atoms with van der Waals surface area (Å²) in [6.45, 7) is 3.69. The molecule has 0 spiro atoms. The molecule has 0 aromatic heterocycles. The largest absolute Gasteiger partial charge is 0.504 e. The van der Waals surface area contributed by atoms with Gasteiger partial charge in [-0.1, -0.05) is 24.3 Å². The van der Waals surface area contributed by atoms with Crippen LogP contribution in [-0.2, 0) is 6.42 Å². The summed E-state index contributed by atoms with van der Waals surface area (Å²) < 4.78 is 5.17. The number of nitrogens with zero attached hydrogens (tertiary/aromatic N) is 1. The van der Waals surface area contributed by atoms with E-state index in [0.717, 1.165) is 16.8 Å². The average molecular weight is 282 g/mol. The number of para-hydroxylation sites is 1. The molecule has 4 nitrogen and oxygen atoms in total. The molecular formula is C17H18N2O2. The third-order valence-corrected chi connectivity index (χ3v) is 2.94. The number of benzene rings is 2. The van der Waals surface area contributed by atoms with Crippen LogP contribution in [0.1, 0.15) is 11.1 Å². The summed E-state index contributed by atoms with van der Waals surface area (Å²) >= 11 is 0. The minimum Gasteiger partial charge on any atom is -0.504 e. The Bertz CT molecular complexity index is 637. The first-order chi connectivity index (χ1) is 10.2. The first-order valence-electron chi connectivity index (χ1n) is 6.59. The van der Waals surface area contributed by atoms with Gasteiger partial charge in [-0.2, -0.15) is 5.10 Å². The number of anilines is 1. The summed E-state index contributed by atoms with van der Waals surface area (Å²) in [4.78, 5) is 0. The van der Waals surface area contributed by atoms with Gasteiger partial charge in [-0.25, -0.2) is 0 Å².